The van der Waals surface area contributed by atoms with E-state index in [-0.39, 0.29) is 30.0 Å². The summed E-state index contributed by atoms with van der Waals surface area (Å²) in [5.41, 5.74) is 2.39. The van der Waals surface area contributed by atoms with Crippen molar-refractivity contribution in [1.29, 1.82) is 0 Å². The van der Waals surface area contributed by atoms with E-state index in [9.17, 15) is 4.79 Å². The van der Waals surface area contributed by atoms with Gasteiger partial charge in [0, 0.05) is 24.9 Å². The first-order chi connectivity index (χ1) is 13.7. The number of rotatable bonds is 7. The summed E-state index contributed by atoms with van der Waals surface area (Å²) in [5.74, 6) is -0.0603. The zero-order chi connectivity index (χ0) is 19.4. The van der Waals surface area contributed by atoms with Crippen molar-refractivity contribution >= 4 is 5.91 Å². The van der Waals surface area contributed by atoms with Crippen molar-refractivity contribution in [2.75, 3.05) is 33.4 Å². The first-order valence-electron chi connectivity index (χ1n) is 9.92. The van der Waals surface area contributed by atoms with Crippen molar-refractivity contribution in [3.05, 3.63) is 53.9 Å². The number of carbonyl (C=O) groups excluding carboxylic acids is 1. The molecule has 2 N–H and O–H groups in total. The van der Waals surface area contributed by atoms with Crippen LogP contribution in [0.15, 0.2) is 42.7 Å². The largest absolute Gasteiger partial charge is 0.382 e. The maximum atomic E-state index is 12.8. The normalized spacial score (nSPS) is 22.9. The standard InChI is InChI=1S/C21H28N4O3/c1-27-13-14-28-20-19(24-18(26)15-25-12-4-9-23-25)16-5-2-3-6-17(16)21(20)7-10-22-11-8-21/h2-6,9,12,19-20,22H,7-8,10-11,13-15H2,1H3,(H,24,26)/t19-,20+/m0/s1. The lowest BCUT2D eigenvalue weighted by molar-refractivity contribution is -0.124. The predicted octanol–water partition coefficient (Wildman–Crippen LogP) is 1.41. The van der Waals surface area contributed by atoms with Gasteiger partial charge in [-0.1, -0.05) is 24.3 Å². The number of carbonyl (C=O) groups is 1. The van der Waals surface area contributed by atoms with Crippen molar-refractivity contribution < 1.29 is 14.3 Å². The number of aromatic nitrogens is 2. The molecular formula is C21H28N4O3. The smallest absolute Gasteiger partial charge is 0.242 e. The average Bonchev–Trinajstić information content (AvgIpc) is 3.30. The van der Waals surface area contributed by atoms with Crippen molar-refractivity contribution in [3.63, 3.8) is 0 Å². The molecule has 1 aliphatic heterocycles. The third-order valence-electron chi connectivity index (χ3n) is 5.94. The van der Waals surface area contributed by atoms with Gasteiger partial charge in [-0.15, -0.1) is 0 Å². The van der Waals surface area contributed by atoms with Crippen LogP contribution in [0.3, 0.4) is 0 Å². The monoisotopic (exact) mass is 384 g/mol. The second kappa shape index (κ2) is 8.43. The van der Waals surface area contributed by atoms with E-state index in [0.29, 0.717) is 13.2 Å². The molecule has 1 aromatic heterocycles. The molecule has 7 heteroatoms. The fourth-order valence-corrected chi connectivity index (χ4v) is 4.71. The van der Waals surface area contributed by atoms with Gasteiger partial charge in [0.25, 0.3) is 0 Å². The molecule has 2 atom stereocenters. The molecule has 0 unspecified atom stereocenters. The zero-order valence-corrected chi connectivity index (χ0v) is 16.3. The Labute approximate surface area is 165 Å². The third kappa shape index (κ3) is 3.57. The number of hydrogen-bond acceptors (Lipinski definition) is 5. The predicted molar refractivity (Wildman–Crippen MR) is 105 cm³/mol. The van der Waals surface area contributed by atoms with Crippen LogP contribution >= 0.6 is 0 Å². The highest BCUT2D eigenvalue weighted by Gasteiger charge is 2.53. The molecule has 7 nitrogen and oxygen atoms in total. The summed E-state index contributed by atoms with van der Waals surface area (Å²) in [7, 11) is 1.68. The molecule has 1 aromatic carbocycles. The summed E-state index contributed by atoms with van der Waals surface area (Å²) < 4.78 is 13.2. The number of hydrogen-bond donors (Lipinski definition) is 2. The van der Waals surface area contributed by atoms with E-state index < -0.39 is 0 Å². The zero-order valence-electron chi connectivity index (χ0n) is 16.3. The van der Waals surface area contributed by atoms with Gasteiger partial charge in [-0.25, -0.2) is 0 Å². The van der Waals surface area contributed by atoms with E-state index in [4.69, 9.17) is 9.47 Å². The molecule has 1 saturated heterocycles. The number of piperidine rings is 1. The van der Waals surface area contributed by atoms with E-state index >= 15 is 0 Å². The first-order valence-corrected chi connectivity index (χ1v) is 9.92. The Balaban J connectivity index is 1.62. The number of benzene rings is 1. The molecule has 2 heterocycles. The maximum absolute atomic E-state index is 12.8. The quantitative estimate of drug-likeness (QED) is 0.706. The van der Waals surface area contributed by atoms with Gasteiger partial charge in [-0.2, -0.15) is 5.10 Å². The van der Waals surface area contributed by atoms with Crippen LogP contribution in [0.1, 0.15) is 30.0 Å². The topological polar surface area (TPSA) is 77.4 Å². The lowest BCUT2D eigenvalue weighted by Gasteiger charge is -2.41. The number of nitrogens with zero attached hydrogens (tertiary/aromatic N) is 2. The van der Waals surface area contributed by atoms with Crippen LogP contribution in [0, 0.1) is 0 Å². The van der Waals surface area contributed by atoms with Crippen molar-refractivity contribution in [2.24, 2.45) is 0 Å². The van der Waals surface area contributed by atoms with E-state index in [2.05, 4.69) is 33.9 Å². The van der Waals surface area contributed by atoms with Crippen molar-refractivity contribution in [2.45, 2.75) is 36.9 Å². The number of fused-ring (bicyclic) bond motifs is 2. The molecule has 4 rings (SSSR count). The number of methoxy groups -OCH3 is 1. The second-order valence-electron chi connectivity index (χ2n) is 7.53. The average molecular weight is 384 g/mol. The fourth-order valence-electron chi connectivity index (χ4n) is 4.71. The van der Waals surface area contributed by atoms with Crippen LogP contribution < -0.4 is 10.6 Å². The van der Waals surface area contributed by atoms with Crippen LogP contribution in [0.2, 0.25) is 0 Å². The fraction of sp³-hybridized carbons (Fsp3) is 0.524. The van der Waals surface area contributed by atoms with E-state index in [1.54, 1.807) is 24.2 Å². The Morgan fingerprint density at radius 2 is 2.11 bits per heavy atom. The second-order valence-corrected chi connectivity index (χ2v) is 7.53. The van der Waals surface area contributed by atoms with Crippen LogP contribution in [0.5, 0.6) is 0 Å². The summed E-state index contributed by atoms with van der Waals surface area (Å²) in [4.78, 5) is 12.8. The Morgan fingerprint density at radius 3 is 2.86 bits per heavy atom. The van der Waals surface area contributed by atoms with Crippen molar-refractivity contribution in [3.8, 4) is 0 Å². The van der Waals surface area contributed by atoms with Gasteiger partial charge < -0.3 is 20.1 Å². The van der Waals surface area contributed by atoms with Crippen molar-refractivity contribution in [1.82, 2.24) is 20.4 Å². The molecule has 0 saturated carbocycles. The summed E-state index contributed by atoms with van der Waals surface area (Å²) >= 11 is 0. The Kier molecular flexibility index (Phi) is 5.75. The van der Waals surface area contributed by atoms with Crippen LogP contribution in [0.25, 0.3) is 0 Å². The molecule has 0 radical (unpaired) electrons. The Morgan fingerprint density at radius 1 is 1.29 bits per heavy atom. The third-order valence-corrected chi connectivity index (χ3v) is 5.94. The molecule has 150 valence electrons. The molecule has 1 spiro atoms. The van der Waals surface area contributed by atoms with Gasteiger partial charge >= 0.3 is 0 Å². The molecule has 1 aliphatic carbocycles. The number of amides is 1. The molecule has 1 fully saturated rings. The van der Waals surface area contributed by atoms with Crippen LogP contribution in [0.4, 0.5) is 0 Å². The minimum atomic E-state index is -0.172. The molecule has 2 aliphatic rings. The van der Waals surface area contributed by atoms with Crippen LogP contribution in [-0.4, -0.2) is 55.2 Å². The first kappa shape index (κ1) is 19.1. The van der Waals surface area contributed by atoms with Gasteiger partial charge in [0.05, 0.1) is 25.4 Å². The van der Waals surface area contributed by atoms with E-state index in [1.807, 2.05) is 12.1 Å². The highest BCUT2D eigenvalue weighted by atomic mass is 16.5. The van der Waals surface area contributed by atoms with Gasteiger partial charge in [0.1, 0.15) is 6.54 Å². The Hall–Kier alpha value is -2.22. The highest BCUT2D eigenvalue weighted by Crippen LogP contribution is 2.51. The lowest BCUT2D eigenvalue weighted by Crippen LogP contribution is -2.50. The molecule has 0 bridgehead atoms. The molecular weight excluding hydrogens is 356 g/mol. The van der Waals surface area contributed by atoms with Gasteiger partial charge in [-0.3, -0.25) is 9.48 Å². The van der Waals surface area contributed by atoms with Crippen LogP contribution in [-0.2, 0) is 26.2 Å². The van der Waals surface area contributed by atoms with Gasteiger partial charge in [0.2, 0.25) is 5.91 Å². The summed E-state index contributed by atoms with van der Waals surface area (Å²) in [5, 5.41) is 10.8. The number of nitrogens with one attached hydrogen (secondary N) is 2. The highest BCUT2D eigenvalue weighted by molar-refractivity contribution is 5.76. The lowest BCUT2D eigenvalue weighted by atomic mass is 9.72. The van der Waals surface area contributed by atoms with E-state index in [1.165, 1.54) is 11.1 Å². The number of ether oxygens (including phenoxy) is 2. The van der Waals surface area contributed by atoms with Gasteiger partial charge in [-0.05, 0) is 43.1 Å². The molecule has 28 heavy (non-hydrogen) atoms. The Bertz CT molecular complexity index is 787. The molecule has 2 aromatic rings. The summed E-state index contributed by atoms with van der Waals surface area (Å²) in [6, 6.07) is 10.1. The minimum Gasteiger partial charge on any atom is -0.382 e. The van der Waals surface area contributed by atoms with Gasteiger partial charge in [0.15, 0.2) is 0 Å². The SMILES string of the molecule is COCCO[C@@H]1[C@@H](NC(=O)Cn2cccn2)c2ccccc2C12CCNCC2. The summed E-state index contributed by atoms with van der Waals surface area (Å²) in [6.07, 6.45) is 5.35. The summed E-state index contributed by atoms with van der Waals surface area (Å²) in [6.45, 7) is 3.15. The molecule has 1 amide bonds. The maximum Gasteiger partial charge on any atom is 0.242 e. The minimum absolute atomic E-state index is 0.0603. The van der Waals surface area contributed by atoms with E-state index in [0.717, 1.165) is 25.9 Å².